The van der Waals surface area contributed by atoms with Gasteiger partial charge < -0.3 is 14.8 Å². The van der Waals surface area contributed by atoms with Crippen molar-refractivity contribution >= 4 is 11.7 Å². The van der Waals surface area contributed by atoms with E-state index < -0.39 is 0 Å². The Morgan fingerprint density at radius 1 is 1.07 bits per heavy atom. The van der Waals surface area contributed by atoms with Gasteiger partial charge in [0.25, 0.3) is 0 Å². The van der Waals surface area contributed by atoms with E-state index in [1.54, 1.807) is 0 Å². The molecule has 0 radical (unpaired) electrons. The van der Waals surface area contributed by atoms with Gasteiger partial charge in [0.05, 0.1) is 6.54 Å². The molecule has 3 rings (SSSR count). The number of carbonyl (C=O) groups is 1. The standard InChI is InChI=1S/C25H33NO3/c1-14-11-15(2)22(16(3)12-14)26-13-25(8)10-9-21-19(6)23(28-20(7)27)17(4)18(5)24(21)29-25/h11-12,26H,9-10,13H2,1-8H3. The average Bonchev–Trinajstić information content (AvgIpc) is 2.62. The number of carbonyl (C=O) groups excluding carboxylic acids is 1. The number of nitrogens with one attached hydrogen (secondary N) is 1. The topological polar surface area (TPSA) is 47.6 Å². The fourth-order valence-corrected chi connectivity index (χ4v) is 4.44. The maximum Gasteiger partial charge on any atom is 0.308 e. The SMILES string of the molecule is CC(=O)Oc1c(C)c(C)c2c(c1C)CCC(C)(CNc1c(C)cc(C)cc1C)O2. The van der Waals surface area contributed by atoms with Crippen LogP contribution in [0.5, 0.6) is 11.5 Å². The third-order valence-corrected chi connectivity index (χ3v) is 6.13. The van der Waals surface area contributed by atoms with Crippen molar-refractivity contribution < 1.29 is 14.3 Å². The lowest BCUT2D eigenvalue weighted by atomic mass is 9.87. The number of rotatable bonds is 4. The van der Waals surface area contributed by atoms with Crippen LogP contribution in [0.2, 0.25) is 0 Å². The Hall–Kier alpha value is -2.49. The Bertz CT molecular complexity index is 954. The van der Waals surface area contributed by atoms with E-state index in [1.807, 2.05) is 20.8 Å². The summed E-state index contributed by atoms with van der Waals surface area (Å²) in [6.07, 6.45) is 1.81. The molecule has 0 amide bonds. The quantitative estimate of drug-likeness (QED) is 0.536. The molecule has 0 fully saturated rings. The van der Waals surface area contributed by atoms with Crippen LogP contribution >= 0.6 is 0 Å². The Morgan fingerprint density at radius 2 is 1.69 bits per heavy atom. The molecule has 1 atom stereocenters. The molecule has 2 aromatic carbocycles. The summed E-state index contributed by atoms with van der Waals surface area (Å²) in [5.41, 5.74) is 8.89. The van der Waals surface area contributed by atoms with Gasteiger partial charge in [0, 0.05) is 18.2 Å². The van der Waals surface area contributed by atoms with Crippen molar-refractivity contribution in [1.29, 1.82) is 0 Å². The lowest BCUT2D eigenvalue weighted by Gasteiger charge is -2.38. The summed E-state index contributed by atoms with van der Waals surface area (Å²) in [6.45, 7) is 16.8. The molecule has 0 saturated heterocycles. The van der Waals surface area contributed by atoms with Crippen LogP contribution in [-0.4, -0.2) is 18.1 Å². The van der Waals surface area contributed by atoms with E-state index in [0.29, 0.717) is 5.75 Å². The predicted molar refractivity (Wildman–Crippen MR) is 118 cm³/mol. The van der Waals surface area contributed by atoms with E-state index in [0.717, 1.165) is 47.4 Å². The van der Waals surface area contributed by atoms with Gasteiger partial charge in [-0.3, -0.25) is 4.79 Å². The van der Waals surface area contributed by atoms with Crippen molar-refractivity contribution in [1.82, 2.24) is 0 Å². The molecule has 1 N–H and O–H groups in total. The van der Waals surface area contributed by atoms with Crippen molar-refractivity contribution in [3.63, 3.8) is 0 Å². The maximum absolute atomic E-state index is 11.5. The lowest BCUT2D eigenvalue weighted by Crippen LogP contribution is -2.43. The van der Waals surface area contributed by atoms with Gasteiger partial charge in [-0.1, -0.05) is 17.7 Å². The number of hydrogen-bond donors (Lipinski definition) is 1. The highest BCUT2D eigenvalue weighted by Gasteiger charge is 2.35. The van der Waals surface area contributed by atoms with E-state index in [4.69, 9.17) is 9.47 Å². The average molecular weight is 396 g/mol. The maximum atomic E-state index is 11.5. The summed E-state index contributed by atoms with van der Waals surface area (Å²) < 4.78 is 12.1. The van der Waals surface area contributed by atoms with Crippen molar-refractivity contribution in [2.45, 2.75) is 73.8 Å². The van der Waals surface area contributed by atoms with Gasteiger partial charge in [-0.15, -0.1) is 0 Å². The molecular weight excluding hydrogens is 362 g/mol. The summed E-state index contributed by atoms with van der Waals surface area (Å²) in [4.78, 5) is 11.5. The Balaban J connectivity index is 1.88. The third-order valence-electron chi connectivity index (χ3n) is 6.13. The minimum absolute atomic E-state index is 0.287. The van der Waals surface area contributed by atoms with Gasteiger partial charge in [0.2, 0.25) is 0 Å². The normalized spacial score (nSPS) is 18.1. The summed E-state index contributed by atoms with van der Waals surface area (Å²) in [6, 6.07) is 4.42. The van der Waals surface area contributed by atoms with Crippen molar-refractivity contribution in [2.24, 2.45) is 0 Å². The molecule has 1 unspecified atom stereocenters. The van der Waals surface area contributed by atoms with Crippen molar-refractivity contribution in [3.05, 3.63) is 51.1 Å². The summed E-state index contributed by atoms with van der Waals surface area (Å²) >= 11 is 0. The van der Waals surface area contributed by atoms with Crippen LogP contribution in [0.1, 0.15) is 59.2 Å². The minimum Gasteiger partial charge on any atom is -0.485 e. The van der Waals surface area contributed by atoms with Crippen LogP contribution in [0, 0.1) is 41.5 Å². The molecule has 0 spiro atoms. The second-order valence-electron chi connectivity index (χ2n) is 8.78. The van der Waals surface area contributed by atoms with Crippen LogP contribution in [0.25, 0.3) is 0 Å². The first kappa shape index (κ1) is 21.2. The zero-order valence-electron chi connectivity index (χ0n) is 19.0. The first-order chi connectivity index (χ1) is 13.5. The number of aryl methyl sites for hydroxylation is 3. The van der Waals surface area contributed by atoms with Crippen LogP contribution < -0.4 is 14.8 Å². The second-order valence-corrected chi connectivity index (χ2v) is 8.78. The molecule has 2 aromatic rings. The van der Waals surface area contributed by atoms with Crippen molar-refractivity contribution in [3.8, 4) is 11.5 Å². The smallest absolute Gasteiger partial charge is 0.308 e. The number of esters is 1. The van der Waals surface area contributed by atoms with E-state index in [1.165, 1.54) is 29.3 Å². The predicted octanol–water partition coefficient (Wildman–Crippen LogP) is 5.66. The Labute approximate surface area is 174 Å². The number of hydrogen-bond acceptors (Lipinski definition) is 4. The van der Waals surface area contributed by atoms with Crippen molar-refractivity contribution in [2.75, 3.05) is 11.9 Å². The molecular formula is C25H33NO3. The molecule has 156 valence electrons. The van der Waals surface area contributed by atoms with Gasteiger partial charge >= 0.3 is 5.97 Å². The van der Waals surface area contributed by atoms with Crippen LogP contribution in [0.3, 0.4) is 0 Å². The summed E-state index contributed by atoms with van der Waals surface area (Å²) in [5, 5.41) is 3.64. The molecule has 0 bridgehead atoms. The lowest BCUT2D eigenvalue weighted by molar-refractivity contribution is -0.132. The van der Waals surface area contributed by atoms with Crippen LogP contribution in [0.4, 0.5) is 5.69 Å². The van der Waals surface area contributed by atoms with Crippen LogP contribution in [0.15, 0.2) is 12.1 Å². The van der Waals surface area contributed by atoms with Gasteiger partial charge in [-0.05, 0) is 89.1 Å². The largest absolute Gasteiger partial charge is 0.485 e. The molecule has 4 heteroatoms. The van der Waals surface area contributed by atoms with E-state index in [2.05, 4.69) is 45.1 Å². The van der Waals surface area contributed by atoms with E-state index in [9.17, 15) is 4.79 Å². The molecule has 29 heavy (non-hydrogen) atoms. The summed E-state index contributed by atoms with van der Waals surface area (Å²) in [5.74, 6) is 1.35. The highest BCUT2D eigenvalue weighted by molar-refractivity contribution is 5.72. The zero-order chi connectivity index (χ0) is 21.5. The number of benzene rings is 2. The van der Waals surface area contributed by atoms with Gasteiger partial charge in [0.1, 0.15) is 17.1 Å². The Morgan fingerprint density at radius 3 is 2.28 bits per heavy atom. The van der Waals surface area contributed by atoms with Gasteiger partial charge in [-0.2, -0.15) is 0 Å². The van der Waals surface area contributed by atoms with Gasteiger partial charge in [0.15, 0.2) is 0 Å². The van der Waals surface area contributed by atoms with E-state index in [-0.39, 0.29) is 11.6 Å². The minimum atomic E-state index is -0.302. The van der Waals surface area contributed by atoms with Gasteiger partial charge in [-0.25, -0.2) is 0 Å². The highest BCUT2D eigenvalue weighted by Crippen LogP contribution is 2.44. The number of anilines is 1. The number of fused-ring (bicyclic) bond motifs is 1. The first-order valence-electron chi connectivity index (χ1n) is 10.3. The zero-order valence-corrected chi connectivity index (χ0v) is 19.0. The molecule has 1 heterocycles. The summed E-state index contributed by atoms with van der Waals surface area (Å²) in [7, 11) is 0. The molecule has 0 saturated carbocycles. The second kappa shape index (κ2) is 7.74. The first-order valence-corrected chi connectivity index (χ1v) is 10.3. The fourth-order valence-electron chi connectivity index (χ4n) is 4.44. The van der Waals surface area contributed by atoms with E-state index >= 15 is 0 Å². The molecule has 1 aliphatic rings. The third kappa shape index (κ3) is 4.12. The molecule has 0 aliphatic carbocycles. The fraction of sp³-hybridized carbons (Fsp3) is 0.480. The molecule has 4 nitrogen and oxygen atoms in total. The monoisotopic (exact) mass is 395 g/mol. The number of ether oxygens (including phenoxy) is 2. The molecule has 1 aliphatic heterocycles. The van der Waals surface area contributed by atoms with Crippen LogP contribution in [-0.2, 0) is 11.2 Å². The Kier molecular flexibility index (Phi) is 5.66. The molecule has 0 aromatic heterocycles. The highest BCUT2D eigenvalue weighted by atomic mass is 16.5.